The summed E-state index contributed by atoms with van der Waals surface area (Å²) in [6.45, 7) is 8.50. The van der Waals surface area contributed by atoms with Crippen molar-refractivity contribution < 1.29 is 0 Å². The van der Waals surface area contributed by atoms with E-state index in [1.807, 2.05) is 11.3 Å². The molecule has 1 heterocycles. The van der Waals surface area contributed by atoms with E-state index in [1.54, 1.807) is 0 Å². The third-order valence-corrected chi connectivity index (χ3v) is 6.79. The monoisotopic (exact) mass is 378 g/mol. The summed E-state index contributed by atoms with van der Waals surface area (Å²) in [5, 5.41) is 5.43. The van der Waals surface area contributed by atoms with Gasteiger partial charge in [-0.1, -0.05) is 78.9 Å². The molecule has 0 unspecified atom stereocenters. The van der Waals surface area contributed by atoms with Crippen molar-refractivity contribution in [2.24, 2.45) is 0 Å². The molecule has 0 aliphatic heterocycles. The molecule has 0 nitrogen and oxygen atoms in total. The van der Waals surface area contributed by atoms with E-state index in [0.717, 1.165) is 6.42 Å². The van der Waals surface area contributed by atoms with Gasteiger partial charge in [-0.15, -0.1) is 11.3 Å². The molecule has 0 bridgehead atoms. The molecule has 0 fully saturated rings. The highest BCUT2D eigenvalue weighted by Gasteiger charge is 2.14. The van der Waals surface area contributed by atoms with Crippen LogP contribution in [0.3, 0.4) is 0 Å². The molecule has 0 aliphatic rings. The first kappa shape index (κ1) is 17.2. The van der Waals surface area contributed by atoms with Crippen LogP contribution in [-0.2, 0) is 6.42 Å². The van der Waals surface area contributed by atoms with Gasteiger partial charge in [0.05, 0.1) is 0 Å². The highest BCUT2D eigenvalue weighted by Crippen LogP contribution is 2.42. The minimum atomic E-state index is 0.917. The van der Waals surface area contributed by atoms with Gasteiger partial charge in [-0.2, -0.15) is 0 Å². The van der Waals surface area contributed by atoms with E-state index in [2.05, 4.69) is 93.2 Å². The van der Waals surface area contributed by atoms with Crippen LogP contribution in [0.4, 0.5) is 0 Å². The summed E-state index contributed by atoms with van der Waals surface area (Å²) in [4.78, 5) is 0. The Morgan fingerprint density at radius 1 is 0.821 bits per heavy atom. The Bertz CT molecular complexity index is 1370. The van der Waals surface area contributed by atoms with Crippen LogP contribution in [0.1, 0.15) is 18.1 Å². The maximum absolute atomic E-state index is 4.12. The summed E-state index contributed by atoms with van der Waals surface area (Å²) in [5.41, 5.74) is 6.56. The van der Waals surface area contributed by atoms with Crippen LogP contribution in [-0.4, -0.2) is 0 Å². The Labute approximate surface area is 169 Å². The van der Waals surface area contributed by atoms with Gasteiger partial charge < -0.3 is 0 Å². The number of thiophene rings is 1. The molecule has 0 saturated heterocycles. The lowest BCUT2D eigenvalue weighted by molar-refractivity contribution is 1.16. The van der Waals surface area contributed by atoms with E-state index < -0.39 is 0 Å². The fourth-order valence-corrected chi connectivity index (χ4v) is 5.63. The molecule has 1 aromatic heterocycles. The van der Waals surface area contributed by atoms with Gasteiger partial charge in [0.2, 0.25) is 0 Å². The van der Waals surface area contributed by atoms with Crippen molar-refractivity contribution in [1.29, 1.82) is 0 Å². The second-order valence-corrected chi connectivity index (χ2v) is 8.72. The SMILES string of the molecule is C=C(C)Cc1ccccc1-c1ccc2ccc3c4ccccc4sc3c2c1C. The van der Waals surface area contributed by atoms with E-state index in [1.165, 1.54) is 58.8 Å². The zero-order chi connectivity index (χ0) is 19.3. The normalized spacial score (nSPS) is 11.5. The predicted octanol–water partition coefficient (Wildman–Crippen LogP) is 8.30. The van der Waals surface area contributed by atoms with Crippen molar-refractivity contribution >= 4 is 42.3 Å². The average Bonchev–Trinajstić information content (AvgIpc) is 3.07. The van der Waals surface area contributed by atoms with Crippen molar-refractivity contribution in [2.45, 2.75) is 20.3 Å². The van der Waals surface area contributed by atoms with Crippen LogP contribution in [0.25, 0.3) is 42.1 Å². The zero-order valence-corrected chi connectivity index (χ0v) is 17.1. The van der Waals surface area contributed by atoms with E-state index in [9.17, 15) is 0 Å². The summed E-state index contributed by atoms with van der Waals surface area (Å²) in [6.07, 6.45) is 0.917. The lowest BCUT2D eigenvalue weighted by Gasteiger charge is -2.15. The summed E-state index contributed by atoms with van der Waals surface area (Å²) in [7, 11) is 0. The third kappa shape index (κ3) is 2.66. The van der Waals surface area contributed by atoms with Gasteiger partial charge in [0.15, 0.2) is 0 Å². The highest BCUT2D eigenvalue weighted by atomic mass is 32.1. The number of fused-ring (bicyclic) bond motifs is 5. The summed E-state index contributed by atoms with van der Waals surface area (Å²) < 4.78 is 2.76. The van der Waals surface area contributed by atoms with E-state index in [4.69, 9.17) is 0 Å². The smallest absolute Gasteiger partial charge is 0.0436 e. The predicted molar refractivity (Wildman–Crippen MR) is 126 cm³/mol. The van der Waals surface area contributed by atoms with Crippen molar-refractivity contribution in [3.8, 4) is 11.1 Å². The largest absolute Gasteiger partial charge is 0.135 e. The Morgan fingerprint density at radius 2 is 1.57 bits per heavy atom. The van der Waals surface area contributed by atoms with Gasteiger partial charge >= 0.3 is 0 Å². The van der Waals surface area contributed by atoms with Gasteiger partial charge in [-0.05, 0) is 54.0 Å². The van der Waals surface area contributed by atoms with Crippen molar-refractivity contribution in [3.63, 3.8) is 0 Å². The van der Waals surface area contributed by atoms with Crippen molar-refractivity contribution in [2.75, 3.05) is 0 Å². The van der Waals surface area contributed by atoms with Crippen LogP contribution in [0, 0.1) is 6.92 Å². The van der Waals surface area contributed by atoms with Crippen LogP contribution < -0.4 is 0 Å². The third-order valence-electron chi connectivity index (χ3n) is 5.59. The van der Waals surface area contributed by atoms with Crippen LogP contribution >= 0.6 is 11.3 Å². The average molecular weight is 379 g/mol. The second kappa shape index (κ2) is 6.61. The topological polar surface area (TPSA) is 0 Å². The molecule has 0 N–H and O–H groups in total. The van der Waals surface area contributed by atoms with E-state index >= 15 is 0 Å². The minimum Gasteiger partial charge on any atom is -0.135 e. The maximum Gasteiger partial charge on any atom is 0.0436 e. The molecule has 5 rings (SSSR count). The lowest BCUT2D eigenvalue weighted by atomic mass is 9.90. The standard InChI is InChI=1S/C27H22S/c1-17(2)16-20-8-4-5-9-22(20)21-14-12-19-13-15-24-23-10-6-7-11-25(23)28-27(24)26(19)18(21)3/h4-15H,1,16H2,2-3H3. The molecule has 1 heteroatoms. The zero-order valence-electron chi connectivity index (χ0n) is 16.3. The molecular weight excluding hydrogens is 356 g/mol. The Morgan fingerprint density at radius 3 is 2.43 bits per heavy atom. The molecule has 0 aliphatic carbocycles. The van der Waals surface area contributed by atoms with Gasteiger partial charge in [0, 0.05) is 25.6 Å². The first-order valence-corrected chi connectivity index (χ1v) is 10.5. The molecule has 4 aromatic carbocycles. The number of aryl methyl sites for hydroxylation is 1. The molecule has 136 valence electrons. The quantitative estimate of drug-likeness (QED) is 0.277. The summed E-state index contributed by atoms with van der Waals surface area (Å²) >= 11 is 1.91. The number of hydrogen-bond donors (Lipinski definition) is 0. The van der Waals surface area contributed by atoms with E-state index in [0.29, 0.717) is 0 Å². The first-order valence-electron chi connectivity index (χ1n) is 9.69. The molecule has 0 saturated carbocycles. The lowest BCUT2D eigenvalue weighted by Crippen LogP contribution is -1.93. The van der Waals surface area contributed by atoms with Crippen LogP contribution in [0.15, 0.2) is 84.9 Å². The fourth-order valence-electron chi connectivity index (χ4n) is 4.32. The molecule has 0 radical (unpaired) electrons. The maximum atomic E-state index is 4.12. The fraction of sp³-hybridized carbons (Fsp3) is 0.111. The molecule has 5 aromatic rings. The van der Waals surface area contributed by atoms with Gasteiger partial charge in [0.25, 0.3) is 0 Å². The minimum absolute atomic E-state index is 0.917. The van der Waals surface area contributed by atoms with Gasteiger partial charge in [-0.25, -0.2) is 0 Å². The number of allylic oxidation sites excluding steroid dienone is 1. The number of hydrogen-bond acceptors (Lipinski definition) is 1. The van der Waals surface area contributed by atoms with Crippen molar-refractivity contribution in [3.05, 3.63) is 96.1 Å². The van der Waals surface area contributed by atoms with Gasteiger partial charge in [0.1, 0.15) is 0 Å². The summed E-state index contributed by atoms with van der Waals surface area (Å²) in [6, 6.07) is 26.6. The highest BCUT2D eigenvalue weighted by molar-refractivity contribution is 7.26. The Kier molecular flexibility index (Phi) is 4.07. The number of benzene rings is 4. The van der Waals surface area contributed by atoms with E-state index in [-0.39, 0.29) is 0 Å². The molecule has 0 spiro atoms. The second-order valence-electron chi connectivity index (χ2n) is 7.67. The van der Waals surface area contributed by atoms with Gasteiger partial charge in [-0.3, -0.25) is 0 Å². The molecule has 0 amide bonds. The molecular formula is C27H22S. The Hall–Kier alpha value is -2.90. The number of rotatable bonds is 3. The van der Waals surface area contributed by atoms with Crippen LogP contribution in [0.2, 0.25) is 0 Å². The van der Waals surface area contributed by atoms with Crippen molar-refractivity contribution in [1.82, 2.24) is 0 Å². The molecule has 0 atom stereocenters. The van der Waals surface area contributed by atoms with Crippen LogP contribution in [0.5, 0.6) is 0 Å². The first-order chi connectivity index (χ1) is 13.6. The Balaban J connectivity index is 1.84. The summed E-state index contributed by atoms with van der Waals surface area (Å²) in [5.74, 6) is 0. The molecule has 28 heavy (non-hydrogen) atoms.